The molecule has 0 radical (unpaired) electrons. The maximum absolute atomic E-state index is 10.1. The second-order valence-corrected chi connectivity index (χ2v) is 4.94. The van der Waals surface area contributed by atoms with Crippen LogP contribution >= 0.6 is 0 Å². The lowest BCUT2D eigenvalue weighted by atomic mass is 9.75. The molecule has 0 bridgehead atoms. The maximum atomic E-state index is 10.1. The van der Waals surface area contributed by atoms with Gasteiger partial charge in [0.15, 0.2) is 0 Å². The third kappa shape index (κ3) is 2.38. The summed E-state index contributed by atoms with van der Waals surface area (Å²) in [5.41, 5.74) is 0.865. The van der Waals surface area contributed by atoms with Crippen LogP contribution in [0.3, 0.4) is 0 Å². The maximum Gasteiger partial charge on any atom is 0.115 e. The molecule has 0 heterocycles. The molecular formula is C14H20O2. The SMILES string of the molecule is CCC1(O)CCC(c2ccc(O)cc2)CC1. The first-order valence-electron chi connectivity index (χ1n) is 6.14. The van der Waals surface area contributed by atoms with Gasteiger partial charge in [0.1, 0.15) is 5.75 Å². The average molecular weight is 220 g/mol. The zero-order valence-corrected chi connectivity index (χ0v) is 9.82. The Bertz CT molecular complexity index is 334. The van der Waals surface area contributed by atoms with E-state index in [1.165, 1.54) is 5.56 Å². The molecule has 1 saturated carbocycles. The Morgan fingerprint density at radius 3 is 2.25 bits per heavy atom. The van der Waals surface area contributed by atoms with Gasteiger partial charge in [-0.25, -0.2) is 0 Å². The quantitative estimate of drug-likeness (QED) is 0.803. The molecule has 16 heavy (non-hydrogen) atoms. The molecule has 1 aromatic rings. The molecule has 0 aromatic heterocycles. The topological polar surface area (TPSA) is 40.5 Å². The first-order chi connectivity index (χ1) is 7.63. The zero-order valence-electron chi connectivity index (χ0n) is 9.82. The summed E-state index contributed by atoms with van der Waals surface area (Å²) in [6, 6.07) is 7.48. The average Bonchev–Trinajstić information content (AvgIpc) is 2.32. The van der Waals surface area contributed by atoms with Gasteiger partial charge in [0, 0.05) is 0 Å². The predicted molar refractivity (Wildman–Crippen MR) is 64.6 cm³/mol. The molecule has 2 rings (SSSR count). The van der Waals surface area contributed by atoms with Crippen LogP contribution in [0.2, 0.25) is 0 Å². The fourth-order valence-electron chi connectivity index (χ4n) is 2.59. The summed E-state index contributed by atoms with van der Waals surface area (Å²) in [5.74, 6) is 0.872. The summed E-state index contributed by atoms with van der Waals surface area (Å²) in [6.07, 6.45) is 4.75. The van der Waals surface area contributed by atoms with Gasteiger partial charge in [0.25, 0.3) is 0 Å². The van der Waals surface area contributed by atoms with Gasteiger partial charge in [-0.3, -0.25) is 0 Å². The molecule has 1 aromatic carbocycles. The van der Waals surface area contributed by atoms with Gasteiger partial charge in [-0.2, -0.15) is 0 Å². The van der Waals surface area contributed by atoms with Crippen molar-refractivity contribution in [3.05, 3.63) is 29.8 Å². The molecule has 1 aliphatic rings. The number of aromatic hydroxyl groups is 1. The summed E-state index contributed by atoms with van der Waals surface area (Å²) >= 11 is 0. The van der Waals surface area contributed by atoms with Gasteiger partial charge < -0.3 is 10.2 Å². The molecule has 2 nitrogen and oxygen atoms in total. The predicted octanol–water partition coefficient (Wildman–Crippen LogP) is 3.19. The fourth-order valence-corrected chi connectivity index (χ4v) is 2.59. The molecule has 0 unspecified atom stereocenters. The second-order valence-electron chi connectivity index (χ2n) is 4.94. The highest BCUT2D eigenvalue weighted by Gasteiger charge is 2.31. The van der Waals surface area contributed by atoms with Crippen molar-refractivity contribution in [2.24, 2.45) is 0 Å². The number of phenols is 1. The van der Waals surface area contributed by atoms with Gasteiger partial charge in [-0.1, -0.05) is 19.1 Å². The fraction of sp³-hybridized carbons (Fsp3) is 0.571. The minimum atomic E-state index is -0.423. The Hall–Kier alpha value is -1.02. The summed E-state index contributed by atoms with van der Waals surface area (Å²) in [4.78, 5) is 0. The van der Waals surface area contributed by atoms with Crippen molar-refractivity contribution in [3.63, 3.8) is 0 Å². The van der Waals surface area contributed by atoms with E-state index in [0.717, 1.165) is 32.1 Å². The van der Waals surface area contributed by atoms with Crippen LogP contribution in [0.1, 0.15) is 50.5 Å². The third-order valence-corrected chi connectivity index (χ3v) is 3.94. The van der Waals surface area contributed by atoms with Crippen LogP contribution in [0.25, 0.3) is 0 Å². The summed E-state index contributed by atoms with van der Waals surface area (Å²) in [6.45, 7) is 2.06. The van der Waals surface area contributed by atoms with E-state index in [1.807, 2.05) is 12.1 Å². The number of hydrogen-bond acceptors (Lipinski definition) is 2. The Balaban J connectivity index is 2.01. The lowest BCUT2D eigenvalue weighted by molar-refractivity contribution is -0.00419. The molecule has 0 atom stereocenters. The minimum Gasteiger partial charge on any atom is -0.508 e. The first kappa shape index (κ1) is 11.5. The van der Waals surface area contributed by atoms with Crippen LogP contribution < -0.4 is 0 Å². The smallest absolute Gasteiger partial charge is 0.115 e. The Labute approximate surface area is 96.9 Å². The first-order valence-corrected chi connectivity index (χ1v) is 6.14. The van der Waals surface area contributed by atoms with Gasteiger partial charge in [0.2, 0.25) is 0 Å². The van der Waals surface area contributed by atoms with E-state index in [2.05, 4.69) is 6.92 Å². The molecule has 1 aliphatic carbocycles. The van der Waals surface area contributed by atoms with Crippen molar-refractivity contribution in [1.29, 1.82) is 0 Å². The van der Waals surface area contributed by atoms with E-state index in [4.69, 9.17) is 0 Å². The number of phenolic OH excluding ortho intramolecular Hbond substituents is 1. The highest BCUT2D eigenvalue weighted by atomic mass is 16.3. The molecule has 0 amide bonds. The molecular weight excluding hydrogens is 200 g/mol. The highest BCUT2D eigenvalue weighted by Crippen LogP contribution is 2.39. The van der Waals surface area contributed by atoms with E-state index >= 15 is 0 Å². The lowest BCUT2D eigenvalue weighted by Gasteiger charge is -2.35. The number of rotatable bonds is 2. The molecule has 2 N–H and O–H groups in total. The van der Waals surface area contributed by atoms with Crippen LogP contribution in [0, 0.1) is 0 Å². The standard InChI is InChI=1S/C14H20O2/c1-2-14(16)9-7-12(8-10-14)11-3-5-13(15)6-4-11/h3-6,12,15-16H,2,7-10H2,1H3. The lowest BCUT2D eigenvalue weighted by Crippen LogP contribution is -2.32. The van der Waals surface area contributed by atoms with Gasteiger partial charge in [0.05, 0.1) is 5.60 Å². The minimum absolute atomic E-state index is 0.324. The van der Waals surface area contributed by atoms with Crippen molar-refractivity contribution in [2.45, 2.75) is 50.5 Å². The van der Waals surface area contributed by atoms with Crippen LogP contribution in [0.5, 0.6) is 5.75 Å². The van der Waals surface area contributed by atoms with Crippen LogP contribution in [-0.4, -0.2) is 15.8 Å². The van der Waals surface area contributed by atoms with Crippen molar-refractivity contribution in [1.82, 2.24) is 0 Å². The summed E-state index contributed by atoms with van der Waals surface area (Å²) in [5, 5.41) is 19.4. The highest BCUT2D eigenvalue weighted by molar-refractivity contribution is 5.28. The molecule has 2 heteroatoms. The van der Waals surface area contributed by atoms with Crippen molar-refractivity contribution >= 4 is 0 Å². The number of aliphatic hydroxyl groups is 1. The van der Waals surface area contributed by atoms with Crippen LogP contribution in [0.15, 0.2) is 24.3 Å². The Morgan fingerprint density at radius 1 is 1.19 bits per heavy atom. The van der Waals surface area contributed by atoms with E-state index in [-0.39, 0.29) is 0 Å². The zero-order chi connectivity index (χ0) is 11.6. The van der Waals surface area contributed by atoms with Crippen LogP contribution in [-0.2, 0) is 0 Å². The van der Waals surface area contributed by atoms with Gasteiger partial charge in [-0.05, 0) is 55.7 Å². The molecule has 88 valence electrons. The molecule has 0 spiro atoms. The normalized spacial score (nSPS) is 30.2. The van der Waals surface area contributed by atoms with Crippen molar-refractivity contribution in [2.75, 3.05) is 0 Å². The third-order valence-electron chi connectivity index (χ3n) is 3.94. The second kappa shape index (κ2) is 4.46. The van der Waals surface area contributed by atoms with Crippen LogP contribution in [0.4, 0.5) is 0 Å². The van der Waals surface area contributed by atoms with E-state index < -0.39 is 5.60 Å². The summed E-state index contributed by atoms with van der Waals surface area (Å²) < 4.78 is 0. The molecule has 1 fully saturated rings. The van der Waals surface area contributed by atoms with Crippen molar-refractivity contribution < 1.29 is 10.2 Å². The summed E-state index contributed by atoms with van der Waals surface area (Å²) in [7, 11) is 0. The largest absolute Gasteiger partial charge is 0.508 e. The Morgan fingerprint density at radius 2 is 1.75 bits per heavy atom. The van der Waals surface area contributed by atoms with E-state index in [0.29, 0.717) is 11.7 Å². The van der Waals surface area contributed by atoms with Gasteiger partial charge in [-0.15, -0.1) is 0 Å². The Kier molecular flexibility index (Phi) is 3.20. The van der Waals surface area contributed by atoms with Gasteiger partial charge >= 0.3 is 0 Å². The number of benzene rings is 1. The van der Waals surface area contributed by atoms with Crippen molar-refractivity contribution in [3.8, 4) is 5.75 Å². The van der Waals surface area contributed by atoms with E-state index in [1.54, 1.807) is 12.1 Å². The molecule has 0 saturated heterocycles. The van der Waals surface area contributed by atoms with E-state index in [9.17, 15) is 10.2 Å². The number of hydrogen-bond donors (Lipinski definition) is 2. The molecule has 0 aliphatic heterocycles. The monoisotopic (exact) mass is 220 g/mol.